The highest BCUT2D eigenvalue weighted by Gasteiger charge is 2.20. The zero-order chi connectivity index (χ0) is 17.2. The van der Waals surface area contributed by atoms with Gasteiger partial charge in [-0.05, 0) is 30.2 Å². The summed E-state index contributed by atoms with van der Waals surface area (Å²) in [6.07, 6.45) is 1.51. The molecule has 23 heavy (non-hydrogen) atoms. The van der Waals surface area contributed by atoms with Crippen molar-refractivity contribution in [2.75, 3.05) is 19.8 Å². The fraction of sp³-hybridized carbons (Fsp3) is 0.412. The van der Waals surface area contributed by atoms with E-state index in [1.165, 1.54) is 6.08 Å². The molecule has 1 rings (SSSR count). The molecule has 0 spiro atoms. The highest BCUT2D eigenvalue weighted by Crippen LogP contribution is 2.13. The summed E-state index contributed by atoms with van der Waals surface area (Å²) in [6, 6.07) is 5.44. The van der Waals surface area contributed by atoms with E-state index in [1.54, 1.807) is 24.3 Å². The van der Waals surface area contributed by atoms with E-state index >= 15 is 0 Å². The largest absolute Gasteiger partial charge is 0.493 e. The fourth-order valence-corrected chi connectivity index (χ4v) is 1.65. The molecule has 0 aliphatic carbocycles. The van der Waals surface area contributed by atoms with Crippen LogP contribution in [0.25, 0.3) is 0 Å². The number of benzene rings is 1. The van der Waals surface area contributed by atoms with Crippen LogP contribution in [0.2, 0.25) is 0 Å². The SMILES string of the molecule is C=CCOCC(NC(=O)c1ccc(OCC(C)C)cc1)C(=O)O. The Labute approximate surface area is 136 Å². The zero-order valence-electron chi connectivity index (χ0n) is 13.5. The van der Waals surface area contributed by atoms with Crippen molar-refractivity contribution in [3.63, 3.8) is 0 Å². The van der Waals surface area contributed by atoms with Crippen LogP contribution in [-0.2, 0) is 9.53 Å². The molecule has 0 aromatic heterocycles. The van der Waals surface area contributed by atoms with E-state index in [-0.39, 0.29) is 13.2 Å². The van der Waals surface area contributed by atoms with Crippen molar-refractivity contribution < 1.29 is 24.2 Å². The molecule has 1 aromatic rings. The summed E-state index contributed by atoms with van der Waals surface area (Å²) >= 11 is 0. The Morgan fingerprint density at radius 1 is 1.26 bits per heavy atom. The Morgan fingerprint density at radius 2 is 1.91 bits per heavy atom. The molecular weight excluding hydrogens is 298 g/mol. The number of amides is 1. The Bertz CT molecular complexity index is 524. The van der Waals surface area contributed by atoms with Gasteiger partial charge in [-0.1, -0.05) is 19.9 Å². The summed E-state index contributed by atoms with van der Waals surface area (Å²) in [4.78, 5) is 23.2. The molecule has 1 unspecified atom stereocenters. The number of ether oxygens (including phenoxy) is 2. The minimum absolute atomic E-state index is 0.122. The first-order valence-electron chi connectivity index (χ1n) is 7.39. The number of hydrogen-bond donors (Lipinski definition) is 2. The first kappa shape index (κ1) is 18.7. The van der Waals surface area contributed by atoms with E-state index < -0.39 is 17.9 Å². The lowest BCUT2D eigenvalue weighted by atomic mass is 10.2. The lowest BCUT2D eigenvalue weighted by Crippen LogP contribution is -2.44. The molecule has 6 heteroatoms. The zero-order valence-corrected chi connectivity index (χ0v) is 13.5. The average Bonchev–Trinajstić information content (AvgIpc) is 2.52. The molecule has 1 atom stereocenters. The summed E-state index contributed by atoms with van der Waals surface area (Å²) < 4.78 is 10.6. The van der Waals surface area contributed by atoms with Gasteiger partial charge in [0, 0.05) is 5.56 Å². The van der Waals surface area contributed by atoms with Gasteiger partial charge < -0.3 is 19.9 Å². The minimum atomic E-state index is -1.15. The Hall–Kier alpha value is -2.34. The number of nitrogens with one attached hydrogen (secondary N) is 1. The molecule has 0 aliphatic rings. The number of hydrogen-bond acceptors (Lipinski definition) is 4. The van der Waals surface area contributed by atoms with Gasteiger partial charge >= 0.3 is 5.97 Å². The number of carboxylic acids is 1. The Kier molecular flexibility index (Phi) is 7.83. The third-order valence-electron chi connectivity index (χ3n) is 2.82. The molecule has 0 aliphatic heterocycles. The van der Waals surface area contributed by atoms with Crippen molar-refractivity contribution >= 4 is 11.9 Å². The smallest absolute Gasteiger partial charge is 0.328 e. The summed E-state index contributed by atoms with van der Waals surface area (Å²) in [5, 5.41) is 11.5. The third-order valence-corrected chi connectivity index (χ3v) is 2.82. The molecule has 0 bridgehead atoms. The van der Waals surface area contributed by atoms with Gasteiger partial charge in [-0.15, -0.1) is 6.58 Å². The fourth-order valence-electron chi connectivity index (χ4n) is 1.65. The molecular formula is C17H23NO5. The summed E-state index contributed by atoms with van der Waals surface area (Å²) in [5.74, 6) is -0.557. The quantitative estimate of drug-likeness (QED) is 0.509. The van der Waals surface area contributed by atoms with Gasteiger partial charge in [0.15, 0.2) is 6.04 Å². The molecule has 0 saturated carbocycles. The Balaban J connectivity index is 2.61. The van der Waals surface area contributed by atoms with Crippen LogP contribution in [0.1, 0.15) is 24.2 Å². The van der Waals surface area contributed by atoms with Gasteiger partial charge in [-0.2, -0.15) is 0 Å². The third kappa shape index (κ3) is 6.97. The predicted octanol–water partition coefficient (Wildman–Crippen LogP) is 2.11. The first-order chi connectivity index (χ1) is 10.9. The first-order valence-corrected chi connectivity index (χ1v) is 7.39. The summed E-state index contributed by atoms with van der Waals surface area (Å²) in [5.41, 5.74) is 0.358. The Morgan fingerprint density at radius 3 is 2.43 bits per heavy atom. The van der Waals surface area contributed by atoms with E-state index in [0.29, 0.717) is 23.8 Å². The van der Waals surface area contributed by atoms with E-state index in [1.807, 2.05) is 13.8 Å². The summed E-state index contributed by atoms with van der Waals surface area (Å²) in [6.45, 7) is 8.25. The monoisotopic (exact) mass is 321 g/mol. The van der Waals surface area contributed by atoms with Crippen LogP contribution in [0.5, 0.6) is 5.75 Å². The maximum absolute atomic E-state index is 12.1. The average molecular weight is 321 g/mol. The van der Waals surface area contributed by atoms with Crippen LogP contribution in [0.4, 0.5) is 0 Å². The predicted molar refractivity (Wildman–Crippen MR) is 86.7 cm³/mol. The van der Waals surface area contributed by atoms with Crippen molar-refractivity contribution in [1.29, 1.82) is 0 Å². The van der Waals surface area contributed by atoms with E-state index in [0.717, 1.165) is 0 Å². The number of carbonyl (C=O) groups excluding carboxylic acids is 1. The number of rotatable bonds is 10. The van der Waals surface area contributed by atoms with Crippen LogP contribution >= 0.6 is 0 Å². The maximum atomic E-state index is 12.1. The van der Waals surface area contributed by atoms with Crippen molar-refractivity contribution in [1.82, 2.24) is 5.32 Å². The molecule has 0 heterocycles. The van der Waals surface area contributed by atoms with Crippen molar-refractivity contribution in [2.45, 2.75) is 19.9 Å². The highest BCUT2D eigenvalue weighted by atomic mass is 16.5. The van der Waals surface area contributed by atoms with E-state index in [2.05, 4.69) is 11.9 Å². The van der Waals surface area contributed by atoms with Crippen molar-refractivity contribution in [3.05, 3.63) is 42.5 Å². The second kappa shape index (κ2) is 9.63. The molecule has 0 fully saturated rings. The second-order valence-electron chi connectivity index (χ2n) is 5.42. The van der Waals surface area contributed by atoms with Gasteiger partial charge in [0.25, 0.3) is 5.91 Å². The van der Waals surface area contributed by atoms with E-state index in [4.69, 9.17) is 14.6 Å². The van der Waals surface area contributed by atoms with Gasteiger partial charge in [0.2, 0.25) is 0 Å². The number of carbonyl (C=O) groups is 2. The highest BCUT2D eigenvalue weighted by molar-refractivity contribution is 5.96. The topological polar surface area (TPSA) is 84.9 Å². The normalized spacial score (nSPS) is 11.8. The van der Waals surface area contributed by atoms with Crippen molar-refractivity contribution in [2.24, 2.45) is 5.92 Å². The summed E-state index contributed by atoms with van der Waals surface area (Å²) in [7, 11) is 0. The lowest BCUT2D eigenvalue weighted by Gasteiger charge is -2.14. The molecule has 0 saturated heterocycles. The number of carboxylic acid groups (broad SMARTS) is 1. The van der Waals surface area contributed by atoms with Gasteiger partial charge in [0.1, 0.15) is 5.75 Å². The molecule has 126 valence electrons. The maximum Gasteiger partial charge on any atom is 0.328 e. The molecule has 2 N–H and O–H groups in total. The van der Waals surface area contributed by atoms with Gasteiger partial charge in [0.05, 0.1) is 19.8 Å². The van der Waals surface area contributed by atoms with Gasteiger partial charge in [-0.3, -0.25) is 4.79 Å². The lowest BCUT2D eigenvalue weighted by molar-refractivity contribution is -0.140. The van der Waals surface area contributed by atoms with Crippen LogP contribution in [0.3, 0.4) is 0 Å². The van der Waals surface area contributed by atoms with Crippen molar-refractivity contribution in [3.8, 4) is 5.75 Å². The van der Waals surface area contributed by atoms with Crippen LogP contribution < -0.4 is 10.1 Å². The van der Waals surface area contributed by atoms with Crippen LogP contribution in [0.15, 0.2) is 36.9 Å². The van der Waals surface area contributed by atoms with Crippen LogP contribution in [-0.4, -0.2) is 42.8 Å². The molecule has 0 radical (unpaired) electrons. The van der Waals surface area contributed by atoms with E-state index in [9.17, 15) is 9.59 Å². The molecule has 6 nitrogen and oxygen atoms in total. The second-order valence-corrected chi connectivity index (χ2v) is 5.42. The molecule has 1 amide bonds. The number of aliphatic carboxylic acids is 1. The van der Waals surface area contributed by atoms with Crippen LogP contribution in [0, 0.1) is 5.92 Å². The van der Waals surface area contributed by atoms with Gasteiger partial charge in [-0.25, -0.2) is 4.79 Å². The molecule has 1 aromatic carbocycles. The minimum Gasteiger partial charge on any atom is -0.493 e. The standard InChI is InChI=1S/C17H23NO5/c1-4-9-22-11-15(17(20)21)18-16(19)13-5-7-14(8-6-13)23-10-12(2)3/h4-8,12,15H,1,9-11H2,2-3H3,(H,18,19)(H,20,21).